The summed E-state index contributed by atoms with van der Waals surface area (Å²) in [5.74, 6) is 4.59. The van der Waals surface area contributed by atoms with Gasteiger partial charge in [0.1, 0.15) is 12.4 Å². The third kappa shape index (κ3) is 4.87. The molecule has 108 valence electrons. The molecule has 0 atom stereocenters. The molecule has 0 bridgehead atoms. The number of ether oxygens (including phenoxy) is 1. The molecular formula is C17H14ClFO2. The molecule has 0 saturated carbocycles. The number of aliphatic hydroxyl groups is 1. The topological polar surface area (TPSA) is 29.5 Å². The summed E-state index contributed by atoms with van der Waals surface area (Å²) in [7, 11) is 0. The van der Waals surface area contributed by atoms with Gasteiger partial charge in [-0.25, -0.2) is 4.39 Å². The van der Waals surface area contributed by atoms with Crippen molar-refractivity contribution in [2.24, 2.45) is 0 Å². The van der Waals surface area contributed by atoms with Crippen molar-refractivity contribution in [3.8, 4) is 11.8 Å². The van der Waals surface area contributed by atoms with Crippen molar-refractivity contribution < 1.29 is 14.2 Å². The minimum Gasteiger partial charge on any atom is -0.384 e. The van der Waals surface area contributed by atoms with Gasteiger partial charge in [0.15, 0.2) is 0 Å². The largest absolute Gasteiger partial charge is 0.384 e. The molecule has 2 aromatic rings. The van der Waals surface area contributed by atoms with Crippen LogP contribution >= 0.6 is 11.6 Å². The number of benzene rings is 2. The van der Waals surface area contributed by atoms with E-state index in [2.05, 4.69) is 11.8 Å². The molecule has 0 unspecified atom stereocenters. The average Bonchev–Trinajstić information content (AvgIpc) is 2.48. The summed E-state index contributed by atoms with van der Waals surface area (Å²) < 4.78 is 19.1. The van der Waals surface area contributed by atoms with Gasteiger partial charge in [-0.3, -0.25) is 0 Å². The lowest BCUT2D eigenvalue weighted by atomic mass is 10.1. The zero-order chi connectivity index (χ0) is 15.1. The number of hydrogen-bond donors (Lipinski definition) is 1. The maximum absolute atomic E-state index is 13.5. The maximum atomic E-state index is 13.5. The lowest BCUT2D eigenvalue weighted by Crippen LogP contribution is -1.96. The Morgan fingerprint density at radius 1 is 1.10 bits per heavy atom. The molecular weight excluding hydrogens is 291 g/mol. The fraction of sp³-hybridized carbons (Fsp3) is 0.176. The second kappa shape index (κ2) is 7.80. The van der Waals surface area contributed by atoms with Crippen LogP contribution in [0.25, 0.3) is 0 Å². The quantitative estimate of drug-likeness (QED) is 0.876. The Bertz CT molecular complexity index is 674. The molecule has 0 aliphatic rings. The standard InChI is InChI=1S/C17H14ClFO2/c18-16-5-1-3-13(10-16)11-21-12-14-6-7-17(19)15(9-14)4-2-8-20/h1,3,5-7,9-10,20H,8,11-12H2. The molecule has 0 saturated heterocycles. The summed E-state index contributed by atoms with van der Waals surface area (Å²) in [5, 5.41) is 9.31. The summed E-state index contributed by atoms with van der Waals surface area (Å²) in [5.41, 5.74) is 2.05. The third-order valence-corrected chi connectivity index (χ3v) is 2.99. The molecule has 0 aliphatic heterocycles. The molecule has 0 fully saturated rings. The van der Waals surface area contributed by atoms with Gasteiger partial charge in [-0.05, 0) is 35.4 Å². The van der Waals surface area contributed by atoms with Crippen molar-refractivity contribution >= 4 is 11.6 Å². The molecule has 4 heteroatoms. The van der Waals surface area contributed by atoms with Crippen LogP contribution in [0.4, 0.5) is 4.39 Å². The van der Waals surface area contributed by atoms with E-state index < -0.39 is 5.82 Å². The second-order valence-corrected chi connectivity index (χ2v) is 4.83. The summed E-state index contributed by atoms with van der Waals surface area (Å²) in [4.78, 5) is 0. The van der Waals surface area contributed by atoms with E-state index in [0.717, 1.165) is 11.1 Å². The zero-order valence-corrected chi connectivity index (χ0v) is 12.0. The van der Waals surface area contributed by atoms with Gasteiger partial charge in [0.25, 0.3) is 0 Å². The molecule has 0 spiro atoms. The van der Waals surface area contributed by atoms with Crippen molar-refractivity contribution in [2.45, 2.75) is 13.2 Å². The Kier molecular flexibility index (Phi) is 5.77. The van der Waals surface area contributed by atoms with Crippen LogP contribution in [0.15, 0.2) is 42.5 Å². The van der Waals surface area contributed by atoms with Gasteiger partial charge in [0.05, 0.1) is 18.8 Å². The maximum Gasteiger partial charge on any atom is 0.138 e. The molecule has 2 rings (SSSR count). The fourth-order valence-corrected chi connectivity index (χ4v) is 2.02. The Morgan fingerprint density at radius 2 is 1.86 bits per heavy atom. The van der Waals surface area contributed by atoms with Crippen LogP contribution < -0.4 is 0 Å². The molecule has 0 radical (unpaired) electrons. The smallest absolute Gasteiger partial charge is 0.138 e. The van der Waals surface area contributed by atoms with Gasteiger partial charge in [-0.1, -0.05) is 41.6 Å². The first-order valence-corrected chi connectivity index (χ1v) is 6.77. The van der Waals surface area contributed by atoms with E-state index in [4.69, 9.17) is 21.4 Å². The minimum atomic E-state index is -0.408. The van der Waals surface area contributed by atoms with Crippen LogP contribution in [-0.4, -0.2) is 11.7 Å². The van der Waals surface area contributed by atoms with E-state index in [1.807, 2.05) is 18.2 Å². The molecule has 1 N–H and O–H groups in total. The van der Waals surface area contributed by atoms with Crippen molar-refractivity contribution in [3.63, 3.8) is 0 Å². The van der Waals surface area contributed by atoms with Crippen molar-refractivity contribution in [1.29, 1.82) is 0 Å². The average molecular weight is 305 g/mol. The zero-order valence-electron chi connectivity index (χ0n) is 11.3. The first-order valence-electron chi connectivity index (χ1n) is 6.39. The Labute approximate surface area is 128 Å². The number of halogens is 2. The Morgan fingerprint density at radius 3 is 2.57 bits per heavy atom. The van der Waals surface area contributed by atoms with Crippen molar-refractivity contribution in [1.82, 2.24) is 0 Å². The summed E-state index contributed by atoms with van der Waals surface area (Å²) in [6.07, 6.45) is 0. The number of aliphatic hydroxyl groups excluding tert-OH is 1. The normalized spacial score (nSPS) is 10.0. The van der Waals surface area contributed by atoms with E-state index >= 15 is 0 Å². The highest BCUT2D eigenvalue weighted by Gasteiger charge is 2.02. The van der Waals surface area contributed by atoms with Gasteiger partial charge in [-0.15, -0.1) is 0 Å². The summed E-state index contributed by atoms with van der Waals surface area (Å²) in [6.45, 7) is 0.477. The first-order chi connectivity index (χ1) is 10.2. The Balaban J connectivity index is 1.97. The van der Waals surface area contributed by atoms with Crippen molar-refractivity contribution in [2.75, 3.05) is 6.61 Å². The van der Waals surface area contributed by atoms with Crippen LogP contribution in [0.2, 0.25) is 5.02 Å². The predicted molar refractivity (Wildman–Crippen MR) is 80.3 cm³/mol. The van der Waals surface area contributed by atoms with E-state index in [-0.39, 0.29) is 12.2 Å². The highest BCUT2D eigenvalue weighted by atomic mass is 35.5. The highest BCUT2D eigenvalue weighted by Crippen LogP contribution is 2.14. The molecule has 0 aliphatic carbocycles. The predicted octanol–water partition coefficient (Wildman–Crippen LogP) is 3.54. The van der Waals surface area contributed by atoms with Gasteiger partial charge >= 0.3 is 0 Å². The van der Waals surface area contributed by atoms with Gasteiger partial charge in [0.2, 0.25) is 0 Å². The highest BCUT2D eigenvalue weighted by molar-refractivity contribution is 6.30. The second-order valence-electron chi connectivity index (χ2n) is 4.40. The van der Waals surface area contributed by atoms with Gasteiger partial charge < -0.3 is 9.84 Å². The van der Waals surface area contributed by atoms with Gasteiger partial charge in [-0.2, -0.15) is 0 Å². The molecule has 0 amide bonds. The summed E-state index contributed by atoms with van der Waals surface area (Å²) in [6, 6.07) is 12.0. The molecule has 21 heavy (non-hydrogen) atoms. The lowest BCUT2D eigenvalue weighted by molar-refractivity contribution is 0.107. The molecule has 2 nitrogen and oxygen atoms in total. The monoisotopic (exact) mass is 304 g/mol. The number of rotatable bonds is 4. The first kappa shape index (κ1) is 15.5. The Hall–Kier alpha value is -1.86. The third-order valence-electron chi connectivity index (χ3n) is 2.76. The lowest BCUT2D eigenvalue weighted by Gasteiger charge is -2.06. The van der Waals surface area contributed by atoms with Crippen LogP contribution in [0.5, 0.6) is 0 Å². The van der Waals surface area contributed by atoms with Crippen LogP contribution in [0, 0.1) is 17.7 Å². The van der Waals surface area contributed by atoms with E-state index in [9.17, 15) is 4.39 Å². The van der Waals surface area contributed by atoms with E-state index in [1.165, 1.54) is 6.07 Å². The van der Waals surface area contributed by atoms with E-state index in [1.54, 1.807) is 18.2 Å². The summed E-state index contributed by atoms with van der Waals surface area (Å²) >= 11 is 5.89. The molecule has 0 aromatic heterocycles. The molecule has 0 heterocycles. The fourth-order valence-electron chi connectivity index (χ4n) is 1.81. The minimum absolute atomic E-state index is 0.257. The molecule has 2 aromatic carbocycles. The van der Waals surface area contributed by atoms with E-state index in [0.29, 0.717) is 18.2 Å². The SMILES string of the molecule is OCC#Cc1cc(COCc2cccc(Cl)c2)ccc1F. The van der Waals surface area contributed by atoms with Crippen LogP contribution in [-0.2, 0) is 18.0 Å². The number of hydrogen-bond acceptors (Lipinski definition) is 2. The van der Waals surface area contributed by atoms with Crippen molar-refractivity contribution in [3.05, 3.63) is 70.0 Å². The van der Waals surface area contributed by atoms with Gasteiger partial charge in [0, 0.05) is 5.02 Å². The van der Waals surface area contributed by atoms with Crippen LogP contribution in [0.1, 0.15) is 16.7 Å². The van der Waals surface area contributed by atoms with Crippen LogP contribution in [0.3, 0.4) is 0 Å².